The lowest BCUT2D eigenvalue weighted by atomic mass is 9.99. The van der Waals surface area contributed by atoms with Crippen LogP contribution in [-0.2, 0) is 65.7 Å². The number of aromatic hydroxyl groups is 2. The minimum absolute atomic E-state index is 0.0378. The van der Waals surface area contributed by atoms with Crippen LogP contribution in [0.2, 0.25) is 0 Å². The number of hydrogen-bond donors (Lipinski definition) is 12. The maximum absolute atomic E-state index is 15.1. The summed E-state index contributed by atoms with van der Waals surface area (Å²) in [4.78, 5) is 104. The number of carbonyl (C=O) groups excluding carboxylic acids is 6. The number of fused-ring (bicyclic) bond motifs is 2. The third-order valence-electron chi connectivity index (χ3n) is 12.5. The Morgan fingerprint density at radius 3 is 1.14 bits per heavy atom. The lowest BCUT2D eigenvalue weighted by molar-refractivity contribution is -0.141. The van der Waals surface area contributed by atoms with Gasteiger partial charge in [-0.2, -0.15) is 0 Å². The number of hydrogen-bond acceptors (Lipinski definition) is 10. The Morgan fingerprint density at radius 1 is 0.432 bits per heavy atom. The van der Waals surface area contributed by atoms with Crippen molar-refractivity contribution in [2.75, 3.05) is 0 Å². The van der Waals surface area contributed by atoms with Gasteiger partial charge in [-0.1, -0.05) is 91.0 Å². The van der Waals surface area contributed by atoms with Gasteiger partial charge in [-0.05, 0) is 78.1 Å². The van der Waals surface area contributed by atoms with E-state index < -0.39 is 83.7 Å². The topological polar surface area (TPSA) is 310 Å². The van der Waals surface area contributed by atoms with Crippen molar-refractivity contribution < 1.29 is 48.9 Å². The Hall–Kier alpha value is -8.97. The standard InChI is InChI=1S/C55H59N9O10/c1-31(56)49(67)60-45(24-33-10-4-3-5-11-33)51(69)62-46(26-35-18-22-39(66)23-19-35)52(70)63-48(28-37-30-58-43-15-9-7-13-41(37)43)54(72)64-47(27-36-29-57-42-14-8-6-12-40(36)42)53(71)61-44(50(68)59-32(2)55(73)74)25-34-16-20-38(65)21-17-34/h3-23,29-32,44-48,57-58,65-66H,24-28,56H2,1-2H3,(H,59,68)(H,60,67)(H,61,71)(H,62,69)(H,63,70)(H,64,72)(H,73,74)/t31-,32-,44-,45-,46-,47-,48-/m0/s1. The quantitative estimate of drug-likeness (QED) is 0.0442. The molecule has 0 unspecified atom stereocenters. The number of carbonyl (C=O) groups is 7. The number of rotatable bonds is 23. The van der Waals surface area contributed by atoms with E-state index >= 15 is 4.79 Å². The minimum atomic E-state index is -1.43. The van der Waals surface area contributed by atoms with Gasteiger partial charge >= 0.3 is 5.97 Å². The highest BCUT2D eigenvalue weighted by Gasteiger charge is 2.35. The van der Waals surface area contributed by atoms with E-state index in [1.165, 1.54) is 38.1 Å². The second kappa shape index (κ2) is 24.4. The molecular formula is C55H59N9O10. The molecule has 0 aliphatic carbocycles. The highest BCUT2D eigenvalue weighted by atomic mass is 16.4. The van der Waals surface area contributed by atoms with Crippen LogP contribution < -0.4 is 37.6 Å². The van der Waals surface area contributed by atoms with E-state index in [-0.39, 0.29) is 43.6 Å². The summed E-state index contributed by atoms with van der Waals surface area (Å²) >= 11 is 0. The maximum atomic E-state index is 15.1. The molecule has 0 bridgehead atoms. The first-order valence-corrected chi connectivity index (χ1v) is 24.0. The molecule has 2 heterocycles. The van der Waals surface area contributed by atoms with Crippen molar-refractivity contribution in [1.82, 2.24) is 41.9 Å². The summed E-state index contributed by atoms with van der Waals surface area (Å²) in [5.41, 5.74) is 10.4. The van der Waals surface area contributed by atoms with Gasteiger partial charge < -0.3 is 62.9 Å². The number of nitrogens with one attached hydrogen (secondary N) is 8. The highest BCUT2D eigenvalue weighted by Crippen LogP contribution is 2.22. The van der Waals surface area contributed by atoms with Gasteiger partial charge in [0.1, 0.15) is 47.8 Å². The second-order valence-corrected chi connectivity index (χ2v) is 18.2. The predicted octanol–water partition coefficient (Wildman–Crippen LogP) is 2.93. The molecule has 0 saturated carbocycles. The first-order valence-electron chi connectivity index (χ1n) is 24.0. The number of aromatic amines is 2. The zero-order valence-corrected chi connectivity index (χ0v) is 40.6. The fraction of sp³-hybridized carbons (Fsp3) is 0.255. The number of carboxylic acid groups (broad SMARTS) is 1. The molecule has 0 spiro atoms. The molecule has 0 aliphatic heterocycles. The smallest absolute Gasteiger partial charge is 0.325 e. The van der Waals surface area contributed by atoms with Crippen LogP contribution in [0.5, 0.6) is 11.5 Å². The molecule has 74 heavy (non-hydrogen) atoms. The fourth-order valence-corrected chi connectivity index (χ4v) is 8.44. The van der Waals surface area contributed by atoms with Crippen LogP contribution in [0.3, 0.4) is 0 Å². The lowest BCUT2D eigenvalue weighted by Crippen LogP contribution is -2.61. The van der Waals surface area contributed by atoms with Gasteiger partial charge in [0.05, 0.1) is 6.04 Å². The van der Waals surface area contributed by atoms with Crippen LogP contribution in [0.1, 0.15) is 41.7 Å². The van der Waals surface area contributed by atoms with Gasteiger partial charge in [0.15, 0.2) is 0 Å². The molecule has 384 valence electrons. The van der Waals surface area contributed by atoms with Crippen molar-refractivity contribution in [2.45, 2.75) is 88.2 Å². The molecule has 0 radical (unpaired) electrons. The third-order valence-corrected chi connectivity index (χ3v) is 12.5. The summed E-state index contributed by atoms with van der Waals surface area (Å²) in [6, 6.07) is 26.4. The Labute approximate surface area is 425 Å². The number of carboxylic acids is 1. The molecule has 2 aromatic heterocycles. The minimum Gasteiger partial charge on any atom is -0.508 e. The van der Waals surface area contributed by atoms with Crippen LogP contribution in [0.25, 0.3) is 21.8 Å². The van der Waals surface area contributed by atoms with E-state index in [0.717, 1.165) is 21.8 Å². The molecule has 6 amide bonds. The highest BCUT2D eigenvalue weighted by molar-refractivity contribution is 5.98. The SMILES string of the molecule is C[C@H](N)C(=O)N[C@@H](Cc1ccccc1)C(=O)N[C@@H](Cc1ccc(O)cc1)C(=O)N[C@@H](Cc1c[nH]c2ccccc12)C(=O)N[C@@H](Cc1c[nH]c2ccccc12)C(=O)N[C@@H](Cc1ccc(O)cc1)C(=O)N[C@@H](C)C(=O)O. The largest absolute Gasteiger partial charge is 0.508 e. The molecule has 0 aliphatic rings. The average Bonchev–Trinajstić information content (AvgIpc) is 4.00. The van der Waals surface area contributed by atoms with Gasteiger partial charge in [0.25, 0.3) is 0 Å². The summed E-state index contributed by atoms with van der Waals surface area (Å²) in [6.45, 7) is 2.74. The molecule has 5 aromatic carbocycles. The average molecular weight is 1010 g/mol. The lowest BCUT2D eigenvalue weighted by Gasteiger charge is -2.28. The predicted molar refractivity (Wildman–Crippen MR) is 276 cm³/mol. The number of phenolic OH excluding ortho intramolecular Hbond substituents is 2. The molecule has 19 heteroatoms. The van der Waals surface area contributed by atoms with Gasteiger partial charge in [-0.15, -0.1) is 0 Å². The van der Waals surface area contributed by atoms with E-state index in [1.54, 1.807) is 67.0 Å². The van der Waals surface area contributed by atoms with E-state index in [4.69, 9.17) is 5.73 Å². The van der Waals surface area contributed by atoms with Gasteiger partial charge in [0, 0.05) is 66.3 Å². The van der Waals surface area contributed by atoms with Crippen LogP contribution in [0.15, 0.2) is 140 Å². The summed E-state index contributed by atoms with van der Waals surface area (Å²) in [5, 5.41) is 47.5. The normalized spacial score (nSPS) is 14.0. The van der Waals surface area contributed by atoms with E-state index in [9.17, 15) is 44.1 Å². The Balaban J connectivity index is 1.23. The Kier molecular flexibility index (Phi) is 17.4. The molecule has 7 atom stereocenters. The molecule has 0 saturated heterocycles. The first-order chi connectivity index (χ1) is 35.5. The van der Waals surface area contributed by atoms with Crippen molar-refractivity contribution >= 4 is 63.2 Å². The van der Waals surface area contributed by atoms with Crippen LogP contribution >= 0.6 is 0 Å². The summed E-state index contributed by atoms with van der Waals surface area (Å²) in [6.07, 6.45) is 2.92. The van der Waals surface area contributed by atoms with Crippen molar-refractivity contribution in [1.29, 1.82) is 0 Å². The molecule has 13 N–H and O–H groups in total. The van der Waals surface area contributed by atoms with E-state index in [2.05, 4.69) is 41.9 Å². The molecule has 19 nitrogen and oxygen atoms in total. The van der Waals surface area contributed by atoms with Crippen molar-refractivity contribution in [2.24, 2.45) is 5.73 Å². The number of phenols is 2. The van der Waals surface area contributed by atoms with E-state index in [0.29, 0.717) is 27.8 Å². The van der Waals surface area contributed by atoms with E-state index in [1.807, 2.05) is 48.5 Å². The van der Waals surface area contributed by atoms with Crippen LogP contribution in [0.4, 0.5) is 0 Å². The fourth-order valence-electron chi connectivity index (χ4n) is 8.44. The van der Waals surface area contributed by atoms with Gasteiger partial charge in [-0.3, -0.25) is 33.6 Å². The monoisotopic (exact) mass is 1010 g/mol. The number of nitrogens with two attached hydrogens (primary N) is 1. The second-order valence-electron chi connectivity index (χ2n) is 18.2. The number of para-hydroxylation sites is 2. The van der Waals surface area contributed by atoms with Crippen LogP contribution in [0, 0.1) is 0 Å². The van der Waals surface area contributed by atoms with Crippen molar-refractivity contribution in [3.63, 3.8) is 0 Å². The third kappa shape index (κ3) is 14.1. The summed E-state index contributed by atoms with van der Waals surface area (Å²) in [7, 11) is 0. The molecule has 0 fully saturated rings. The first kappa shape index (κ1) is 52.8. The van der Waals surface area contributed by atoms with Crippen LogP contribution in [-0.4, -0.2) is 109 Å². The number of aromatic nitrogens is 2. The van der Waals surface area contributed by atoms with Crippen molar-refractivity contribution in [3.8, 4) is 11.5 Å². The maximum Gasteiger partial charge on any atom is 0.325 e. The Morgan fingerprint density at radius 2 is 0.757 bits per heavy atom. The number of amides is 6. The van der Waals surface area contributed by atoms with Crippen molar-refractivity contribution in [3.05, 3.63) is 168 Å². The summed E-state index contributed by atoms with van der Waals surface area (Å²) < 4.78 is 0. The molecular weight excluding hydrogens is 947 g/mol. The number of aliphatic carboxylic acids is 1. The number of benzene rings is 5. The molecule has 7 aromatic rings. The number of H-pyrrole nitrogens is 2. The molecule has 7 rings (SSSR count). The zero-order chi connectivity index (χ0) is 52.9. The summed E-state index contributed by atoms with van der Waals surface area (Å²) in [5.74, 6) is -5.99. The van der Waals surface area contributed by atoms with Gasteiger partial charge in [0.2, 0.25) is 35.4 Å². The zero-order valence-electron chi connectivity index (χ0n) is 40.6. The van der Waals surface area contributed by atoms with Gasteiger partial charge in [-0.25, -0.2) is 0 Å². The Bertz CT molecular complexity index is 3100.